The molecular weight excluding hydrogens is 192 g/mol. The van der Waals surface area contributed by atoms with Crippen LogP contribution in [-0.2, 0) is 18.2 Å². The van der Waals surface area contributed by atoms with Gasteiger partial charge < -0.3 is 9.84 Å². The van der Waals surface area contributed by atoms with Gasteiger partial charge in [0.05, 0.1) is 17.4 Å². The summed E-state index contributed by atoms with van der Waals surface area (Å²) >= 11 is 0. The summed E-state index contributed by atoms with van der Waals surface area (Å²) in [6.45, 7) is 3.93. The Labute approximate surface area is 90.9 Å². The number of hydrogen-bond acceptors (Lipinski definition) is 3. The van der Waals surface area contributed by atoms with E-state index in [9.17, 15) is 5.11 Å². The largest absolute Gasteiger partial charge is 0.393 e. The quantitative estimate of drug-likeness (QED) is 0.796. The molecule has 1 unspecified atom stereocenters. The van der Waals surface area contributed by atoms with Crippen molar-refractivity contribution in [3.8, 4) is 0 Å². The maximum atomic E-state index is 9.85. The summed E-state index contributed by atoms with van der Waals surface area (Å²) in [7, 11) is 3.53. The molecule has 0 aliphatic heterocycles. The van der Waals surface area contributed by atoms with E-state index in [0.29, 0.717) is 12.8 Å². The number of aryl methyl sites for hydroxylation is 1. The molecular formula is C11H20N2O2. The second-order valence-corrected chi connectivity index (χ2v) is 4.51. The zero-order valence-electron chi connectivity index (χ0n) is 9.90. The molecule has 4 heteroatoms. The van der Waals surface area contributed by atoms with Gasteiger partial charge in [-0.15, -0.1) is 0 Å². The number of methoxy groups -OCH3 is 1. The van der Waals surface area contributed by atoms with Crippen molar-refractivity contribution in [2.75, 3.05) is 7.11 Å². The Morgan fingerprint density at radius 2 is 2.27 bits per heavy atom. The van der Waals surface area contributed by atoms with E-state index in [1.165, 1.54) is 0 Å². The molecule has 15 heavy (non-hydrogen) atoms. The van der Waals surface area contributed by atoms with Gasteiger partial charge in [-0.1, -0.05) is 0 Å². The number of ether oxygens (including phenoxy) is 1. The van der Waals surface area contributed by atoms with Crippen molar-refractivity contribution in [1.29, 1.82) is 0 Å². The Balaban J connectivity index is 2.46. The van der Waals surface area contributed by atoms with Gasteiger partial charge in [0.2, 0.25) is 0 Å². The summed E-state index contributed by atoms with van der Waals surface area (Å²) in [5.74, 6) is 0. The van der Waals surface area contributed by atoms with Crippen LogP contribution in [-0.4, -0.2) is 33.7 Å². The topological polar surface area (TPSA) is 47.3 Å². The highest BCUT2D eigenvalue weighted by Gasteiger charge is 2.21. The highest BCUT2D eigenvalue weighted by Crippen LogP contribution is 2.17. The lowest BCUT2D eigenvalue weighted by Gasteiger charge is -2.25. The van der Waals surface area contributed by atoms with Crippen molar-refractivity contribution < 1.29 is 9.84 Å². The molecule has 86 valence electrons. The standard InChI is InChI=1S/C11H20N2O2/c1-11(2,15-4)8-10(14)7-9-5-6-13(3)12-9/h5-6,10,14H,7-8H2,1-4H3. The van der Waals surface area contributed by atoms with Crippen LogP contribution in [0, 0.1) is 0 Å². The summed E-state index contributed by atoms with van der Waals surface area (Å²) < 4.78 is 7.01. The van der Waals surface area contributed by atoms with Crippen LogP contribution in [0.5, 0.6) is 0 Å². The van der Waals surface area contributed by atoms with Gasteiger partial charge in [-0.2, -0.15) is 5.10 Å². The van der Waals surface area contributed by atoms with Gasteiger partial charge in [-0.05, 0) is 19.9 Å². The molecule has 1 aromatic heterocycles. The third-order valence-electron chi connectivity index (χ3n) is 2.49. The van der Waals surface area contributed by atoms with Crippen LogP contribution in [0.2, 0.25) is 0 Å². The Morgan fingerprint density at radius 3 is 2.73 bits per heavy atom. The molecule has 0 bridgehead atoms. The maximum absolute atomic E-state index is 9.85. The van der Waals surface area contributed by atoms with Gasteiger partial charge >= 0.3 is 0 Å². The van der Waals surface area contributed by atoms with E-state index < -0.39 is 6.10 Å². The van der Waals surface area contributed by atoms with Crippen molar-refractivity contribution in [2.24, 2.45) is 7.05 Å². The molecule has 0 radical (unpaired) electrons. The Hall–Kier alpha value is -0.870. The predicted molar refractivity (Wildman–Crippen MR) is 58.6 cm³/mol. The molecule has 1 atom stereocenters. The zero-order valence-corrected chi connectivity index (χ0v) is 9.90. The van der Waals surface area contributed by atoms with Crippen molar-refractivity contribution in [2.45, 2.75) is 38.4 Å². The van der Waals surface area contributed by atoms with Crippen LogP contribution in [0.1, 0.15) is 26.0 Å². The Bertz CT molecular complexity index is 307. The fourth-order valence-corrected chi connectivity index (χ4v) is 1.54. The third kappa shape index (κ3) is 4.01. The summed E-state index contributed by atoms with van der Waals surface area (Å²) in [6, 6.07) is 1.92. The fraction of sp³-hybridized carbons (Fsp3) is 0.727. The Morgan fingerprint density at radius 1 is 1.60 bits per heavy atom. The van der Waals surface area contributed by atoms with E-state index in [2.05, 4.69) is 5.10 Å². The minimum absolute atomic E-state index is 0.284. The van der Waals surface area contributed by atoms with E-state index in [1.807, 2.05) is 33.2 Å². The van der Waals surface area contributed by atoms with E-state index >= 15 is 0 Å². The number of aromatic nitrogens is 2. The first kappa shape index (κ1) is 12.2. The van der Waals surface area contributed by atoms with Gasteiger partial charge in [-0.25, -0.2) is 0 Å². The van der Waals surface area contributed by atoms with E-state index in [4.69, 9.17) is 4.74 Å². The molecule has 0 spiro atoms. The molecule has 0 fully saturated rings. The third-order valence-corrected chi connectivity index (χ3v) is 2.49. The highest BCUT2D eigenvalue weighted by molar-refractivity contribution is 5.00. The van der Waals surface area contributed by atoms with Crippen LogP contribution in [0.3, 0.4) is 0 Å². The van der Waals surface area contributed by atoms with Crippen molar-refractivity contribution in [3.63, 3.8) is 0 Å². The SMILES string of the molecule is COC(C)(C)CC(O)Cc1ccn(C)n1. The lowest BCUT2D eigenvalue weighted by Crippen LogP contribution is -2.29. The molecule has 4 nitrogen and oxygen atoms in total. The van der Waals surface area contributed by atoms with E-state index in [0.717, 1.165) is 5.69 Å². The molecule has 0 aliphatic carbocycles. The second-order valence-electron chi connectivity index (χ2n) is 4.51. The predicted octanol–water partition coefficient (Wildman–Crippen LogP) is 1.14. The fourth-order valence-electron chi connectivity index (χ4n) is 1.54. The minimum Gasteiger partial charge on any atom is -0.393 e. The second kappa shape index (κ2) is 4.77. The molecule has 0 saturated heterocycles. The highest BCUT2D eigenvalue weighted by atomic mass is 16.5. The smallest absolute Gasteiger partial charge is 0.0650 e. The molecule has 0 saturated carbocycles. The monoisotopic (exact) mass is 212 g/mol. The summed E-state index contributed by atoms with van der Waals surface area (Å²) in [4.78, 5) is 0. The number of hydrogen-bond donors (Lipinski definition) is 1. The summed E-state index contributed by atoms with van der Waals surface area (Å²) in [6.07, 6.45) is 2.66. The zero-order chi connectivity index (χ0) is 11.5. The number of aliphatic hydroxyl groups is 1. The lowest BCUT2D eigenvalue weighted by molar-refractivity contribution is -0.0192. The molecule has 1 N–H and O–H groups in total. The van der Waals surface area contributed by atoms with Crippen molar-refractivity contribution in [1.82, 2.24) is 9.78 Å². The molecule has 1 rings (SSSR count). The van der Waals surface area contributed by atoms with Crippen LogP contribution >= 0.6 is 0 Å². The molecule has 1 aromatic rings. The van der Waals surface area contributed by atoms with Crippen molar-refractivity contribution in [3.05, 3.63) is 18.0 Å². The summed E-state index contributed by atoms with van der Waals surface area (Å²) in [5.41, 5.74) is 0.630. The molecule has 0 aromatic carbocycles. The van der Waals surface area contributed by atoms with Crippen LogP contribution in [0.4, 0.5) is 0 Å². The first-order valence-corrected chi connectivity index (χ1v) is 5.15. The number of rotatable bonds is 5. The summed E-state index contributed by atoms with van der Waals surface area (Å²) in [5, 5.41) is 14.1. The van der Waals surface area contributed by atoms with Crippen molar-refractivity contribution >= 4 is 0 Å². The molecule has 0 amide bonds. The van der Waals surface area contributed by atoms with Gasteiger partial charge in [-0.3, -0.25) is 4.68 Å². The first-order chi connectivity index (χ1) is 6.93. The van der Waals surface area contributed by atoms with Crippen LogP contribution in [0.15, 0.2) is 12.3 Å². The van der Waals surface area contributed by atoms with E-state index in [1.54, 1.807) is 11.8 Å². The first-order valence-electron chi connectivity index (χ1n) is 5.15. The number of nitrogens with zero attached hydrogens (tertiary/aromatic N) is 2. The lowest BCUT2D eigenvalue weighted by atomic mass is 9.98. The Kier molecular flexibility index (Phi) is 3.88. The van der Waals surface area contributed by atoms with Gasteiger partial charge in [0.1, 0.15) is 0 Å². The maximum Gasteiger partial charge on any atom is 0.0650 e. The van der Waals surface area contributed by atoms with Crippen LogP contribution < -0.4 is 0 Å². The normalized spacial score (nSPS) is 14.2. The minimum atomic E-state index is -0.408. The molecule has 0 aliphatic rings. The van der Waals surface area contributed by atoms with Gasteiger partial charge in [0.15, 0.2) is 0 Å². The van der Waals surface area contributed by atoms with Crippen LogP contribution in [0.25, 0.3) is 0 Å². The average molecular weight is 212 g/mol. The average Bonchev–Trinajstić information content (AvgIpc) is 2.50. The number of aliphatic hydroxyl groups excluding tert-OH is 1. The van der Waals surface area contributed by atoms with Gasteiger partial charge in [0, 0.05) is 33.2 Å². The molecule has 1 heterocycles. The van der Waals surface area contributed by atoms with Gasteiger partial charge in [0.25, 0.3) is 0 Å². The van der Waals surface area contributed by atoms with E-state index in [-0.39, 0.29) is 5.60 Å².